The van der Waals surface area contributed by atoms with Gasteiger partial charge in [-0.15, -0.1) is 0 Å². The Hall–Kier alpha value is -3.23. The summed E-state index contributed by atoms with van der Waals surface area (Å²) in [5.74, 6) is -1.81. The average molecular weight is 318 g/mol. The van der Waals surface area contributed by atoms with Crippen LogP contribution in [0.1, 0.15) is 29.0 Å². The number of carboxylic acids is 1. The number of aromatic nitrogens is 2. The van der Waals surface area contributed by atoms with Crippen LogP contribution in [0.4, 0.5) is 11.5 Å². The van der Waals surface area contributed by atoms with Gasteiger partial charge in [0.1, 0.15) is 6.04 Å². The molecule has 0 saturated carbocycles. The van der Waals surface area contributed by atoms with Gasteiger partial charge >= 0.3 is 11.8 Å². The first-order valence-electron chi connectivity index (χ1n) is 6.64. The summed E-state index contributed by atoms with van der Waals surface area (Å²) in [6.07, 6.45) is 0. The van der Waals surface area contributed by atoms with Crippen LogP contribution in [0.2, 0.25) is 0 Å². The van der Waals surface area contributed by atoms with Gasteiger partial charge in [-0.1, -0.05) is 0 Å². The van der Waals surface area contributed by atoms with Gasteiger partial charge in [-0.25, -0.2) is 4.79 Å². The van der Waals surface area contributed by atoms with E-state index < -0.39 is 22.8 Å². The fourth-order valence-corrected chi connectivity index (χ4v) is 2.01. The predicted octanol–water partition coefficient (Wildman–Crippen LogP) is 2.00. The first-order valence-corrected chi connectivity index (χ1v) is 6.64. The number of nitrogens with zero attached hydrogens (tertiary/aromatic N) is 3. The number of rotatable bonds is 5. The molecule has 9 heteroatoms. The van der Waals surface area contributed by atoms with Gasteiger partial charge in [0.2, 0.25) is 0 Å². The molecular formula is C14H14N4O5. The number of aromatic carboxylic acids is 1. The van der Waals surface area contributed by atoms with Crippen LogP contribution in [0.3, 0.4) is 0 Å². The lowest BCUT2D eigenvalue weighted by molar-refractivity contribution is -0.389. The number of anilines is 1. The zero-order chi connectivity index (χ0) is 17.1. The standard InChI is InChI=1S/C14H14N4O5/c1-8-7-12(18(22)23)16-17(8)9(2)13(19)15-11-5-3-10(4-6-11)14(20)21/h3-7,9H,1-2H3,(H,15,19)(H,20,21). The third-order valence-corrected chi connectivity index (χ3v) is 3.24. The molecule has 2 N–H and O–H groups in total. The van der Waals surface area contributed by atoms with Gasteiger partial charge < -0.3 is 20.5 Å². The van der Waals surface area contributed by atoms with E-state index in [9.17, 15) is 19.7 Å². The number of nitrogens with one attached hydrogen (secondary N) is 1. The van der Waals surface area contributed by atoms with Crippen molar-refractivity contribution in [3.8, 4) is 0 Å². The second-order valence-corrected chi connectivity index (χ2v) is 4.89. The maximum Gasteiger partial charge on any atom is 0.390 e. The third-order valence-electron chi connectivity index (χ3n) is 3.24. The molecule has 23 heavy (non-hydrogen) atoms. The minimum absolute atomic E-state index is 0.106. The molecule has 0 aliphatic carbocycles. The zero-order valence-electron chi connectivity index (χ0n) is 12.4. The lowest BCUT2D eigenvalue weighted by Crippen LogP contribution is -2.25. The Morgan fingerprint density at radius 3 is 2.43 bits per heavy atom. The van der Waals surface area contributed by atoms with E-state index in [1.165, 1.54) is 35.0 Å². The molecule has 0 spiro atoms. The Labute approximate surface area is 130 Å². The van der Waals surface area contributed by atoms with Crippen molar-refractivity contribution in [2.75, 3.05) is 5.32 Å². The molecule has 0 fully saturated rings. The molecule has 2 rings (SSSR count). The fraction of sp³-hybridized carbons (Fsp3) is 0.214. The van der Waals surface area contributed by atoms with Crippen LogP contribution in [0.5, 0.6) is 0 Å². The second-order valence-electron chi connectivity index (χ2n) is 4.89. The van der Waals surface area contributed by atoms with Crippen LogP contribution in [0.15, 0.2) is 30.3 Å². The molecule has 0 radical (unpaired) electrons. The van der Waals surface area contributed by atoms with Crippen molar-refractivity contribution in [1.29, 1.82) is 0 Å². The summed E-state index contributed by atoms with van der Waals surface area (Å²) < 4.78 is 1.26. The topological polar surface area (TPSA) is 127 Å². The number of aryl methyl sites for hydroxylation is 1. The smallest absolute Gasteiger partial charge is 0.390 e. The number of carbonyl (C=O) groups is 2. The first kappa shape index (κ1) is 16.1. The van der Waals surface area contributed by atoms with Gasteiger partial charge in [0.15, 0.2) is 0 Å². The highest BCUT2D eigenvalue weighted by molar-refractivity contribution is 5.94. The molecule has 1 aromatic carbocycles. The third kappa shape index (κ3) is 3.51. The average Bonchev–Trinajstić information content (AvgIpc) is 2.89. The summed E-state index contributed by atoms with van der Waals surface area (Å²) in [5.41, 5.74) is 1.02. The fourth-order valence-electron chi connectivity index (χ4n) is 2.01. The van der Waals surface area contributed by atoms with Crippen LogP contribution < -0.4 is 5.32 Å². The Kier molecular flexibility index (Phi) is 4.39. The number of nitro groups is 1. The highest BCUT2D eigenvalue weighted by atomic mass is 16.6. The minimum Gasteiger partial charge on any atom is -0.478 e. The summed E-state index contributed by atoms with van der Waals surface area (Å²) in [5, 5.41) is 25.9. The number of benzene rings is 1. The highest BCUT2D eigenvalue weighted by Gasteiger charge is 2.24. The van der Waals surface area contributed by atoms with Gasteiger partial charge in [0.25, 0.3) is 5.91 Å². The molecule has 120 valence electrons. The predicted molar refractivity (Wildman–Crippen MR) is 80.4 cm³/mol. The van der Waals surface area contributed by atoms with Crippen LogP contribution >= 0.6 is 0 Å². The second kappa shape index (κ2) is 6.26. The quantitative estimate of drug-likeness (QED) is 0.641. The van der Waals surface area contributed by atoms with E-state index in [0.29, 0.717) is 11.4 Å². The molecule has 1 unspecified atom stereocenters. The Morgan fingerprint density at radius 1 is 1.35 bits per heavy atom. The summed E-state index contributed by atoms with van der Waals surface area (Å²) in [4.78, 5) is 33.1. The molecule has 2 aromatic rings. The van der Waals surface area contributed by atoms with E-state index in [2.05, 4.69) is 10.4 Å². The van der Waals surface area contributed by atoms with Crippen molar-refractivity contribution in [3.63, 3.8) is 0 Å². The lowest BCUT2D eigenvalue weighted by Gasteiger charge is -2.11. The Morgan fingerprint density at radius 2 is 1.96 bits per heavy atom. The number of carboxylic acid groups (broad SMARTS) is 1. The van der Waals surface area contributed by atoms with Crippen LogP contribution in [0.25, 0.3) is 0 Å². The van der Waals surface area contributed by atoms with Gasteiger partial charge in [-0.2, -0.15) is 4.68 Å². The van der Waals surface area contributed by atoms with Crippen molar-refractivity contribution in [3.05, 3.63) is 51.7 Å². The monoisotopic (exact) mass is 318 g/mol. The first-order chi connectivity index (χ1) is 10.8. The van der Waals surface area contributed by atoms with Crippen LogP contribution in [-0.4, -0.2) is 31.7 Å². The molecule has 1 amide bonds. The molecule has 1 heterocycles. The SMILES string of the molecule is Cc1cc([N+](=O)[O-])nn1C(C)C(=O)Nc1ccc(C(=O)O)cc1. The van der Waals surface area contributed by atoms with Crippen LogP contribution in [-0.2, 0) is 4.79 Å². The van der Waals surface area contributed by atoms with E-state index >= 15 is 0 Å². The van der Waals surface area contributed by atoms with Crippen molar-refractivity contribution in [2.45, 2.75) is 19.9 Å². The molecule has 1 atom stereocenters. The van der Waals surface area contributed by atoms with E-state index in [1.807, 2.05) is 0 Å². The van der Waals surface area contributed by atoms with Crippen molar-refractivity contribution in [1.82, 2.24) is 9.78 Å². The molecule has 9 nitrogen and oxygen atoms in total. The summed E-state index contributed by atoms with van der Waals surface area (Å²) in [6, 6.07) is 6.19. The van der Waals surface area contributed by atoms with Gasteiger partial charge in [0, 0.05) is 5.69 Å². The minimum atomic E-state index is -1.06. The number of hydrogen-bond acceptors (Lipinski definition) is 5. The normalized spacial score (nSPS) is 11.7. The van der Waals surface area contributed by atoms with Crippen LogP contribution in [0, 0.1) is 17.0 Å². The number of carbonyl (C=O) groups excluding carboxylic acids is 1. The highest BCUT2D eigenvalue weighted by Crippen LogP contribution is 2.18. The van der Waals surface area contributed by atoms with Gasteiger partial charge in [-0.05, 0) is 43.0 Å². The maximum atomic E-state index is 12.2. The summed E-state index contributed by atoms with van der Waals surface area (Å²) in [6.45, 7) is 3.18. The molecule has 1 aromatic heterocycles. The summed E-state index contributed by atoms with van der Waals surface area (Å²) in [7, 11) is 0. The van der Waals surface area contributed by atoms with E-state index in [1.54, 1.807) is 13.8 Å². The Bertz CT molecular complexity index is 766. The van der Waals surface area contributed by atoms with Crippen molar-refractivity contribution in [2.24, 2.45) is 0 Å². The summed E-state index contributed by atoms with van der Waals surface area (Å²) >= 11 is 0. The number of amides is 1. The Balaban J connectivity index is 2.13. The largest absolute Gasteiger partial charge is 0.478 e. The van der Waals surface area contributed by atoms with Gasteiger partial charge in [0.05, 0.1) is 22.4 Å². The molecule has 0 saturated heterocycles. The van der Waals surface area contributed by atoms with E-state index in [4.69, 9.17) is 5.11 Å². The lowest BCUT2D eigenvalue weighted by atomic mass is 10.2. The van der Waals surface area contributed by atoms with E-state index in [-0.39, 0.29) is 11.4 Å². The van der Waals surface area contributed by atoms with Gasteiger partial charge in [-0.3, -0.25) is 4.79 Å². The molecule has 0 aliphatic rings. The maximum absolute atomic E-state index is 12.2. The number of hydrogen-bond donors (Lipinski definition) is 2. The van der Waals surface area contributed by atoms with Crippen molar-refractivity contribution >= 4 is 23.4 Å². The molecule has 0 bridgehead atoms. The molecule has 0 aliphatic heterocycles. The zero-order valence-corrected chi connectivity index (χ0v) is 12.4. The molecular weight excluding hydrogens is 304 g/mol. The van der Waals surface area contributed by atoms with E-state index in [0.717, 1.165) is 0 Å². The van der Waals surface area contributed by atoms with Crippen molar-refractivity contribution < 1.29 is 19.6 Å².